The molecular weight excluding hydrogens is 331 g/mol. The van der Waals surface area contributed by atoms with E-state index in [1.807, 2.05) is 0 Å². The van der Waals surface area contributed by atoms with Crippen LogP contribution in [0.1, 0.15) is 15.9 Å². The summed E-state index contributed by atoms with van der Waals surface area (Å²) in [7, 11) is 0. The number of hydrogen-bond acceptors (Lipinski definition) is 2. The predicted molar refractivity (Wildman–Crippen MR) is 77.1 cm³/mol. The molecule has 0 aliphatic heterocycles. The molecule has 0 amide bonds. The second-order valence-corrected chi connectivity index (χ2v) is 5.76. The zero-order valence-electron chi connectivity index (χ0n) is 9.77. The second kappa shape index (κ2) is 6.21. The fourth-order valence-corrected chi connectivity index (χ4v) is 3.00. The highest BCUT2D eigenvalue weighted by atomic mass is 79.9. The zero-order valence-corrected chi connectivity index (χ0v) is 12.2. The lowest BCUT2D eigenvalue weighted by Gasteiger charge is -2.07. The molecule has 0 bridgehead atoms. The summed E-state index contributed by atoms with van der Waals surface area (Å²) in [6.07, 6.45) is 0. The van der Waals surface area contributed by atoms with Crippen LogP contribution in [-0.2, 0) is 5.75 Å². The van der Waals surface area contributed by atoms with Crippen molar-refractivity contribution in [1.82, 2.24) is 0 Å². The van der Waals surface area contributed by atoms with Gasteiger partial charge in [-0.1, -0.05) is 28.1 Å². The Morgan fingerprint density at radius 3 is 2.74 bits per heavy atom. The van der Waals surface area contributed by atoms with Crippen LogP contribution in [0.3, 0.4) is 0 Å². The number of carbonyl (C=O) groups is 1. The highest BCUT2D eigenvalue weighted by Crippen LogP contribution is 2.28. The predicted octanol–water partition coefficient (Wildman–Crippen LogP) is 4.58. The van der Waals surface area contributed by atoms with E-state index in [1.165, 1.54) is 17.8 Å². The fourth-order valence-electron chi connectivity index (χ4n) is 1.58. The van der Waals surface area contributed by atoms with Gasteiger partial charge in [0.15, 0.2) is 0 Å². The first-order valence-corrected chi connectivity index (χ1v) is 7.25. The molecule has 0 saturated carbocycles. The Kier molecular flexibility index (Phi) is 4.61. The zero-order chi connectivity index (χ0) is 13.8. The molecule has 0 radical (unpaired) electrons. The van der Waals surface area contributed by atoms with Crippen molar-refractivity contribution in [3.05, 3.63) is 63.9 Å². The molecule has 2 rings (SSSR count). The molecule has 98 valence electrons. The third-order valence-corrected chi connectivity index (χ3v) is 4.12. The Morgan fingerprint density at radius 1 is 1.26 bits per heavy atom. The Morgan fingerprint density at radius 2 is 2.00 bits per heavy atom. The SMILES string of the molecule is O=C(O)c1ccccc1SCc1cc(Br)ccc1F. The number of carboxylic acids is 1. The molecule has 0 spiro atoms. The fraction of sp³-hybridized carbons (Fsp3) is 0.0714. The van der Waals surface area contributed by atoms with Crippen molar-refractivity contribution in [3.63, 3.8) is 0 Å². The second-order valence-electron chi connectivity index (χ2n) is 3.83. The first-order valence-electron chi connectivity index (χ1n) is 5.47. The summed E-state index contributed by atoms with van der Waals surface area (Å²) < 4.78 is 14.4. The molecule has 0 aromatic heterocycles. The molecule has 0 unspecified atom stereocenters. The normalized spacial score (nSPS) is 10.4. The standard InChI is InChI=1S/C14H10BrFO2S/c15-10-5-6-12(16)9(7-10)8-19-13-4-2-1-3-11(13)14(17)18/h1-7H,8H2,(H,17,18). The quantitative estimate of drug-likeness (QED) is 0.827. The Bertz CT molecular complexity index is 616. The number of hydrogen-bond donors (Lipinski definition) is 1. The molecule has 0 heterocycles. The lowest BCUT2D eigenvalue weighted by atomic mass is 10.2. The third kappa shape index (κ3) is 3.58. The summed E-state index contributed by atoms with van der Waals surface area (Å²) >= 11 is 4.60. The van der Waals surface area contributed by atoms with Crippen LogP contribution in [0.15, 0.2) is 51.8 Å². The minimum atomic E-state index is -0.974. The van der Waals surface area contributed by atoms with Gasteiger partial charge in [0.05, 0.1) is 5.56 Å². The van der Waals surface area contributed by atoms with Gasteiger partial charge in [-0.3, -0.25) is 0 Å². The van der Waals surface area contributed by atoms with Gasteiger partial charge < -0.3 is 5.11 Å². The van der Waals surface area contributed by atoms with E-state index in [9.17, 15) is 9.18 Å². The van der Waals surface area contributed by atoms with Crippen LogP contribution in [0.25, 0.3) is 0 Å². The maximum atomic E-state index is 13.6. The Balaban J connectivity index is 2.19. The van der Waals surface area contributed by atoms with Gasteiger partial charge in [-0.15, -0.1) is 11.8 Å². The Hall–Kier alpha value is -1.33. The minimum Gasteiger partial charge on any atom is -0.478 e. The first kappa shape index (κ1) is 14.1. The average molecular weight is 341 g/mol. The summed E-state index contributed by atoms with van der Waals surface area (Å²) in [4.78, 5) is 11.7. The van der Waals surface area contributed by atoms with Crippen LogP contribution in [-0.4, -0.2) is 11.1 Å². The summed E-state index contributed by atoms with van der Waals surface area (Å²) in [5.41, 5.74) is 0.780. The van der Waals surface area contributed by atoms with E-state index >= 15 is 0 Å². The number of halogens is 2. The lowest BCUT2D eigenvalue weighted by molar-refractivity contribution is 0.0693. The molecule has 0 aliphatic rings. The summed E-state index contributed by atoms with van der Waals surface area (Å²) in [5, 5.41) is 9.07. The third-order valence-electron chi connectivity index (χ3n) is 2.51. The average Bonchev–Trinajstić information content (AvgIpc) is 2.40. The van der Waals surface area contributed by atoms with Crippen molar-refractivity contribution in [2.24, 2.45) is 0 Å². The van der Waals surface area contributed by atoms with Crippen molar-refractivity contribution in [1.29, 1.82) is 0 Å². The van der Waals surface area contributed by atoms with Gasteiger partial charge in [0.1, 0.15) is 5.82 Å². The van der Waals surface area contributed by atoms with Crippen LogP contribution in [0.5, 0.6) is 0 Å². The first-order chi connectivity index (χ1) is 9.08. The molecule has 0 fully saturated rings. The van der Waals surface area contributed by atoms with Crippen molar-refractivity contribution >= 4 is 33.7 Å². The molecule has 5 heteroatoms. The van der Waals surface area contributed by atoms with E-state index in [4.69, 9.17) is 5.11 Å². The van der Waals surface area contributed by atoms with Gasteiger partial charge in [-0.2, -0.15) is 0 Å². The maximum absolute atomic E-state index is 13.6. The largest absolute Gasteiger partial charge is 0.478 e. The van der Waals surface area contributed by atoms with E-state index in [0.717, 1.165) is 4.47 Å². The van der Waals surface area contributed by atoms with E-state index in [0.29, 0.717) is 16.2 Å². The van der Waals surface area contributed by atoms with Gasteiger partial charge in [0.2, 0.25) is 0 Å². The number of aromatic carboxylic acids is 1. The number of benzene rings is 2. The number of carboxylic acid groups (broad SMARTS) is 1. The van der Waals surface area contributed by atoms with Crippen molar-refractivity contribution in [2.45, 2.75) is 10.6 Å². The van der Waals surface area contributed by atoms with Crippen molar-refractivity contribution in [3.8, 4) is 0 Å². The summed E-state index contributed by atoms with van der Waals surface area (Å²) in [6, 6.07) is 11.4. The molecule has 19 heavy (non-hydrogen) atoms. The molecule has 0 atom stereocenters. The van der Waals surface area contributed by atoms with E-state index in [2.05, 4.69) is 15.9 Å². The topological polar surface area (TPSA) is 37.3 Å². The van der Waals surface area contributed by atoms with Gasteiger partial charge in [0.25, 0.3) is 0 Å². The highest BCUT2D eigenvalue weighted by molar-refractivity contribution is 9.10. The van der Waals surface area contributed by atoms with Crippen LogP contribution in [0, 0.1) is 5.82 Å². The molecule has 2 aromatic rings. The molecule has 2 aromatic carbocycles. The van der Waals surface area contributed by atoms with Gasteiger partial charge >= 0.3 is 5.97 Å². The van der Waals surface area contributed by atoms with Crippen molar-refractivity contribution in [2.75, 3.05) is 0 Å². The van der Waals surface area contributed by atoms with Crippen molar-refractivity contribution < 1.29 is 14.3 Å². The van der Waals surface area contributed by atoms with Gasteiger partial charge in [0, 0.05) is 15.1 Å². The molecular formula is C14H10BrFO2S. The van der Waals surface area contributed by atoms with Gasteiger partial charge in [-0.25, -0.2) is 9.18 Å². The molecule has 0 aliphatic carbocycles. The van der Waals surface area contributed by atoms with Gasteiger partial charge in [-0.05, 0) is 35.9 Å². The number of rotatable bonds is 4. The molecule has 0 saturated heterocycles. The van der Waals surface area contributed by atoms with Crippen LogP contribution < -0.4 is 0 Å². The minimum absolute atomic E-state index is 0.239. The summed E-state index contributed by atoms with van der Waals surface area (Å²) in [5.74, 6) is -0.878. The van der Waals surface area contributed by atoms with E-state index in [1.54, 1.807) is 36.4 Å². The Labute approximate surface area is 122 Å². The van der Waals surface area contributed by atoms with E-state index in [-0.39, 0.29) is 11.4 Å². The maximum Gasteiger partial charge on any atom is 0.336 e. The van der Waals surface area contributed by atoms with Crippen LogP contribution in [0.2, 0.25) is 0 Å². The van der Waals surface area contributed by atoms with Crippen LogP contribution in [0.4, 0.5) is 4.39 Å². The number of thioether (sulfide) groups is 1. The van der Waals surface area contributed by atoms with Crippen LogP contribution >= 0.6 is 27.7 Å². The molecule has 2 nitrogen and oxygen atoms in total. The summed E-state index contributed by atoms with van der Waals surface area (Å²) in [6.45, 7) is 0. The smallest absolute Gasteiger partial charge is 0.336 e. The lowest BCUT2D eigenvalue weighted by Crippen LogP contribution is -1.98. The molecule has 1 N–H and O–H groups in total. The highest BCUT2D eigenvalue weighted by Gasteiger charge is 2.10. The van der Waals surface area contributed by atoms with E-state index < -0.39 is 5.97 Å². The monoisotopic (exact) mass is 340 g/mol.